The molecule has 0 radical (unpaired) electrons. The third-order valence-electron chi connectivity index (χ3n) is 3.83. The molecule has 5 nitrogen and oxygen atoms in total. The first-order valence-corrected chi connectivity index (χ1v) is 9.51. The molecule has 0 saturated heterocycles. The molecule has 0 aliphatic heterocycles. The van der Waals surface area contributed by atoms with Gasteiger partial charge in [-0.25, -0.2) is 4.83 Å². The lowest BCUT2D eigenvalue weighted by atomic mass is 9.87. The Morgan fingerprint density at radius 2 is 1.52 bits per heavy atom. The van der Waals surface area contributed by atoms with Crippen LogP contribution in [-0.2, 0) is 15.4 Å². The Balaban J connectivity index is 2.08. The Morgan fingerprint density at radius 3 is 2.00 bits per heavy atom. The Morgan fingerprint density at radius 1 is 0.960 bits per heavy atom. The van der Waals surface area contributed by atoms with Crippen LogP contribution in [0.4, 0.5) is 5.69 Å². The molecular formula is C19H25N3O2S. The minimum Gasteiger partial charge on any atom is -0.378 e. The Kier molecular flexibility index (Phi) is 5.52. The summed E-state index contributed by atoms with van der Waals surface area (Å²) in [7, 11) is 0.251. The van der Waals surface area contributed by atoms with Crippen molar-refractivity contribution >= 4 is 21.9 Å². The summed E-state index contributed by atoms with van der Waals surface area (Å²) in [5, 5.41) is 3.86. The van der Waals surface area contributed by atoms with Gasteiger partial charge in [-0.1, -0.05) is 45.0 Å². The Labute approximate surface area is 150 Å². The van der Waals surface area contributed by atoms with Crippen LogP contribution >= 0.6 is 0 Å². The quantitative estimate of drug-likeness (QED) is 0.658. The molecule has 0 aliphatic rings. The van der Waals surface area contributed by atoms with E-state index >= 15 is 0 Å². The van der Waals surface area contributed by atoms with E-state index in [1.165, 1.54) is 6.21 Å². The first kappa shape index (κ1) is 19.0. The van der Waals surface area contributed by atoms with E-state index in [9.17, 15) is 8.42 Å². The lowest BCUT2D eigenvalue weighted by Gasteiger charge is -2.19. The van der Waals surface area contributed by atoms with Crippen molar-refractivity contribution in [1.29, 1.82) is 0 Å². The molecule has 2 aromatic carbocycles. The molecule has 2 rings (SSSR count). The van der Waals surface area contributed by atoms with Crippen LogP contribution in [0.1, 0.15) is 31.9 Å². The fraction of sp³-hybridized carbons (Fsp3) is 0.316. The molecular weight excluding hydrogens is 334 g/mol. The molecule has 1 N–H and O–H groups in total. The Hall–Kier alpha value is -2.34. The maximum Gasteiger partial charge on any atom is 0.276 e. The van der Waals surface area contributed by atoms with Crippen LogP contribution in [0.2, 0.25) is 0 Å². The number of benzene rings is 2. The highest BCUT2D eigenvalue weighted by Gasteiger charge is 2.16. The van der Waals surface area contributed by atoms with E-state index in [-0.39, 0.29) is 10.3 Å². The van der Waals surface area contributed by atoms with Crippen molar-refractivity contribution < 1.29 is 8.42 Å². The van der Waals surface area contributed by atoms with Gasteiger partial charge in [0, 0.05) is 19.8 Å². The fourth-order valence-corrected chi connectivity index (χ4v) is 3.01. The van der Waals surface area contributed by atoms with Crippen molar-refractivity contribution in [3.8, 4) is 0 Å². The van der Waals surface area contributed by atoms with Gasteiger partial charge in [0.25, 0.3) is 10.0 Å². The SMILES string of the molecule is CN(C)c1ccc(/C=N/NS(=O)(=O)c2ccc(C(C)(C)C)cc2)cc1. The highest BCUT2D eigenvalue weighted by atomic mass is 32.2. The van der Waals surface area contributed by atoms with E-state index in [4.69, 9.17) is 0 Å². The minimum atomic E-state index is -3.67. The number of hydrogen-bond acceptors (Lipinski definition) is 4. The Bertz CT molecular complexity index is 832. The smallest absolute Gasteiger partial charge is 0.276 e. The molecule has 6 heteroatoms. The van der Waals surface area contributed by atoms with Gasteiger partial charge >= 0.3 is 0 Å². The number of hydrogen-bond donors (Lipinski definition) is 1. The first-order valence-electron chi connectivity index (χ1n) is 8.02. The van der Waals surface area contributed by atoms with Crippen LogP contribution in [0.3, 0.4) is 0 Å². The molecule has 0 aliphatic carbocycles. The van der Waals surface area contributed by atoms with Crippen molar-refractivity contribution in [2.75, 3.05) is 19.0 Å². The minimum absolute atomic E-state index is 0.0212. The number of anilines is 1. The van der Waals surface area contributed by atoms with Crippen LogP contribution in [0.25, 0.3) is 0 Å². The molecule has 25 heavy (non-hydrogen) atoms. The second-order valence-corrected chi connectivity index (χ2v) is 8.77. The van der Waals surface area contributed by atoms with Gasteiger partial charge in [-0.05, 0) is 40.8 Å². The first-order chi connectivity index (χ1) is 11.6. The molecule has 2 aromatic rings. The van der Waals surface area contributed by atoms with Crippen LogP contribution in [0.5, 0.6) is 0 Å². The number of nitrogens with one attached hydrogen (secondary N) is 1. The van der Waals surface area contributed by atoms with Crippen molar-refractivity contribution in [2.45, 2.75) is 31.1 Å². The van der Waals surface area contributed by atoms with Crippen molar-refractivity contribution in [1.82, 2.24) is 4.83 Å². The van der Waals surface area contributed by atoms with Crippen molar-refractivity contribution in [2.24, 2.45) is 5.10 Å². The van der Waals surface area contributed by atoms with E-state index in [1.54, 1.807) is 12.1 Å². The largest absolute Gasteiger partial charge is 0.378 e. The standard InChI is InChI=1S/C19H25N3O2S/c1-19(2,3)16-8-12-18(13-9-16)25(23,24)21-20-14-15-6-10-17(11-7-15)22(4)5/h6-14,21H,1-5H3/b20-14+. The predicted octanol–water partition coefficient (Wildman–Crippen LogP) is 3.36. The summed E-state index contributed by atoms with van der Waals surface area (Å²) in [5.74, 6) is 0. The second-order valence-electron chi connectivity index (χ2n) is 7.11. The van der Waals surface area contributed by atoms with E-state index < -0.39 is 10.0 Å². The summed E-state index contributed by atoms with van der Waals surface area (Å²) in [6.45, 7) is 6.25. The molecule has 0 amide bonds. The van der Waals surface area contributed by atoms with E-state index in [0.717, 1.165) is 16.8 Å². The summed E-state index contributed by atoms with van der Waals surface area (Å²) in [5.41, 5.74) is 2.94. The van der Waals surface area contributed by atoms with Crippen LogP contribution < -0.4 is 9.73 Å². The molecule has 134 valence electrons. The summed E-state index contributed by atoms with van der Waals surface area (Å²) in [6, 6.07) is 14.5. The highest BCUT2D eigenvalue weighted by molar-refractivity contribution is 7.89. The van der Waals surface area contributed by atoms with E-state index in [1.807, 2.05) is 55.4 Å². The second kappa shape index (κ2) is 7.27. The number of nitrogens with zero attached hydrogens (tertiary/aromatic N) is 2. The molecule has 0 atom stereocenters. The third-order valence-corrected chi connectivity index (χ3v) is 5.07. The maximum absolute atomic E-state index is 12.3. The topological polar surface area (TPSA) is 61.8 Å². The van der Waals surface area contributed by atoms with Crippen LogP contribution in [0, 0.1) is 0 Å². The lowest BCUT2D eigenvalue weighted by Crippen LogP contribution is -2.19. The molecule has 0 unspecified atom stereocenters. The highest BCUT2D eigenvalue weighted by Crippen LogP contribution is 2.23. The summed E-state index contributed by atoms with van der Waals surface area (Å²) >= 11 is 0. The molecule has 0 heterocycles. The van der Waals surface area contributed by atoms with Gasteiger partial charge in [-0.15, -0.1) is 0 Å². The zero-order valence-corrected chi connectivity index (χ0v) is 16.1. The number of sulfonamides is 1. The van der Waals surface area contributed by atoms with Gasteiger partial charge in [0.2, 0.25) is 0 Å². The van der Waals surface area contributed by atoms with Gasteiger partial charge in [-0.3, -0.25) is 0 Å². The molecule has 0 bridgehead atoms. The summed E-state index contributed by atoms with van der Waals surface area (Å²) < 4.78 is 24.6. The van der Waals surface area contributed by atoms with Gasteiger partial charge in [0.15, 0.2) is 0 Å². The monoisotopic (exact) mass is 359 g/mol. The van der Waals surface area contributed by atoms with Gasteiger partial charge in [-0.2, -0.15) is 13.5 Å². The van der Waals surface area contributed by atoms with E-state index in [0.29, 0.717) is 0 Å². The van der Waals surface area contributed by atoms with Gasteiger partial charge in [0.1, 0.15) is 0 Å². The fourth-order valence-electron chi connectivity index (χ4n) is 2.22. The molecule has 0 saturated carbocycles. The normalized spacial score (nSPS) is 12.4. The average Bonchev–Trinajstić information content (AvgIpc) is 2.54. The predicted molar refractivity (Wildman–Crippen MR) is 104 cm³/mol. The van der Waals surface area contributed by atoms with Crippen molar-refractivity contribution in [3.05, 3.63) is 59.7 Å². The van der Waals surface area contributed by atoms with Crippen LogP contribution in [-0.4, -0.2) is 28.7 Å². The zero-order valence-electron chi connectivity index (χ0n) is 15.3. The van der Waals surface area contributed by atoms with Gasteiger partial charge in [0.05, 0.1) is 11.1 Å². The average molecular weight is 359 g/mol. The molecule has 0 fully saturated rings. The maximum atomic E-state index is 12.3. The lowest BCUT2D eigenvalue weighted by molar-refractivity contribution is 0.580. The summed E-state index contributed by atoms with van der Waals surface area (Å²) in [4.78, 5) is 4.44. The van der Waals surface area contributed by atoms with Gasteiger partial charge < -0.3 is 4.90 Å². The molecule has 0 aromatic heterocycles. The van der Waals surface area contributed by atoms with Crippen LogP contribution in [0.15, 0.2) is 58.5 Å². The zero-order chi connectivity index (χ0) is 18.7. The molecule has 0 spiro atoms. The van der Waals surface area contributed by atoms with Crippen molar-refractivity contribution in [3.63, 3.8) is 0 Å². The van der Waals surface area contributed by atoms with E-state index in [2.05, 4.69) is 30.7 Å². The summed E-state index contributed by atoms with van der Waals surface area (Å²) in [6.07, 6.45) is 1.49. The third kappa shape index (κ3) is 5.06. The number of hydrazone groups is 1. The number of rotatable bonds is 5.